The molecule has 0 bridgehead atoms. The Morgan fingerprint density at radius 1 is 1.38 bits per heavy atom. The second-order valence-electron chi connectivity index (χ2n) is 4.59. The summed E-state index contributed by atoms with van der Waals surface area (Å²) in [7, 11) is 0. The lowest BCUT2D eigenvalue weighted by molar-refractivity contribution is -0.271. The Labute approximate surface area is 95.0 Å². The van der Waals surface area contributed by atoms with Gasteiger partial charge in [-0.05, 0) is 18.9 Å². The summed E-state index contributed by atoms with van der Waals surface area (Å²) in [5.41, 5.74) is 2.26. The first-order valence-corrected chi connectivity index (χ1v) is 5.82. The predicted molar refractivity (Wildman–Crippen MR) is 58.1 cm³/mol. The second kappa shape index (κ2) is 3.50. The summed E-state index contributed by atoms with van der Waals surface area (Å²) in [4.78, 5) is 8.75. The zero-order chi connectivity index (χ0) is 11.2. The Kier molecular flexibility index (Phi) is 2.23. The fourth-order valence-electron chi connectivity index (χ4n) is 2.59. The molecule has 1 aromatic heterocycles. The lowest BCUT2D eigenvalue weighted by Crippen LogP contribution is -2.43. The number of hydrogen-bond acceptors (Lipinski definition) is 4. The Balaban J connectivity index is 1.99. The minimum Gasteiger partial charge on any atom is -0.349 e. The van der Waals surface area contributed by atoms with Crippen LogP contribution >= 0.6 is 0 Å². The third kappa shape index (κ3) is 1.37. The molecule has 1 aromatic rings. The summed E-state index contributed by atoms with van der Waals surface area (Å²) >= 11 is 0. The molecule has 1 saturated heterocycles. The van der Waals surface area contributed by atoms with Crippen molar-refractivity contribution in [2.24, 2.45) is 0 Å². The number of fused-ring (bicyclic) bond motifs is 1. The quantitative estimate of drug-likeness (QED) is 0.666. The largest absolute Gasteiger partial charge is 0.349 e. The first-order chi connectivity index (χ1) is 7.71. The van der Waals surface area contributed by atoms with Gasteiger partial charge in [0.25, 0.3) is 0 Å². The van der Waals surface area contributed by atoms with Crippen molar-refractivity contribution in [3.8, 4) is 0 Å². The van der Waals surface area contributed by atoms with Crippen LogP contribution in [-0.2, 0) is 15.9 Å². The third-order valence-corrected chi connectivity index (χ3v) is 3.51. The van der Waals surface area contributed by atoms with E-state index in [-0.39, 0.29) is 5.92 Å². The molecule has 1 aliphatic heterocycles. The van der Waals surface area contributed by atoms with E-state index in [1.54, 1.807) is 0 Å². The monoisotopic (exact) mass is 220 g/mol. The highest BCUT2D eigenvalue weighted by molar-refractivity contribution is 5.31. The van der Waals surface area contributed by atoms with Crippen molar-refractivity contribution in [1.29, 1.82) is 0 Å². The van der Waals surface area contributed by atoms with Crippen LogP contribution in [0.25, 0.3) is 0 Å². The zero-order valence-electron chi connectivity index (χ0n) is 9.69. The average Bonchev–Trinajstić information content (AvgIpc) is 2.55. The Hall–Kier alpha value is -1.00. The van der Waals surface area contributed by atoms with Gasteiger partial charge in [0.15, 0.2) is 5.79 Å². The van der Waals surface area contributed by atoms with E-state index < -0.39 is 5.79 Å². The van der Waals surface area contributed by atoms with Crippen LogP contribution in [0.1, 0.15) is 36.3 Å². The molecular formula is C12H16N2O2. The summed E-state index contributed by atoms with van der Waals surface area (Å²) < 4.78 is 11.7. The Morgan fingerprint density at radius 3 is 2.88 bits per heavy atom. The molecule has 1 unspecified atom stereocenters. The fraction of sp³-hybridized carbons (Fsp3) is 0.667. The normalized spacial score (nSPS) is 27.0. The second-order valence-corrected chi connectivity index (χ2v) is 4.59. The van der Waals surface area contributed by atoms with E-state index in [4.69, 9.17) is 9.47 Å². The van der Waals surface area contributed by atoms with Crippen LogP contribution in [0.3, 0.4) is 0 Å². The molecule has 0 aromatic carbocycles. The lowest BCUT2D eigenvalue weighted by Gasteiger charge is -2.37. The molecule has 1 spiro atoms. The summed E-state index contributed by atoms with van der Waals surface area (Å²) in [5, 5.41) is 0. The van der Waals surface area contributed by atoms with Gasteiger partial charge in [0.05, 0.1) is 24.8 Å². The molecule has 0 N–H and O–H groups in total. The maximum atomic E-state index is 5.87. The number of aryl methyl sites for hydroxylation is 1. The molecule has 0 amide bonds. The van der Waals surface area contributed by atoms with Crippen molar-refractivity contribution in [3.05, 3.63) is 23.3 Å². The SMILES string of the molecule is Cc1ncc2c(n1)C(C)C1(C2)OCCCO1. The first-order valence-electron chi connectivity index (χ1n) is 5.82. The molecule has 1 fully saturated rings. The van der Waals surface area contributed by atoms with Crippen LogP contribution in [0.15, 0.2) is 6.20 Å². The lowest BCUT2D eigenvalue weighted by atomic mass is 10.0. The predicted octanol–water partition coefficient (Wildman–Crippen LogP) is 1.58. The molecule has 2 aliphatic rings. The van der Waals surface area contributed by atoms with E-state index >= 15 is 0 Å². The van der Waals surface area contributed by atoms with Crippen LogP contribution in [0.5, 0.6) is 0 Å². The zero-order valence-corrected chi connectivity index (χ0v) is 9.69. The van der Waals surface area contributed by atoms with E-state index in [1.165, 1.54) is 5.56 Å². The van der Waals surface area contributed by atoms with Crippen molar-refractivity contribution >= 4 is 0 Å². The van der Waals surface area contributed by atoms with E-state index in [2.05, 4.69) is 16.9 Å². The minimum absolute atomic E-state index is 0.199. The van der Waals surface area contributed by atoms with Crippen LogP contribution in [-0.4, -0.2) is 29.0 Å². The molecule has 1 aliphatic carbocycles. The number of rotatable bonds is 0. The van der Waals surface area contributed by atoms with Crippen molar-refractivity contribution in [1.82, 2.24) is 9.97 Å². The molecule has 2 heterocycles. The van der Waals surface area contributed by atoms with Gasteiger partial charge >= 0.3 is 0 Å². The van der Waals surface area contributed by atoms with Gasteiger partial charge < -0.3 is 9.47 Å². The highest BCUT2D eigenvalue weighted by Gasteiger charge is 2.48. The topological polar surface area (TPSA) is 44.2 Å². The van der Waals surface area contributed by atoms with Gasteiger partial charge in [-0.2, -0.15) is 0 Å². The molecule has 1 atom stereocenters. The number of aromatic nitrogens is 2. The van der Waals surface area contributed by atoms with E-state index in [9.17, 15) is 0 Å². The molecule has 4 heteroatoms. The van der Waals surface area contributed by atoms with E-state index in [0.29, 0.717) is 0 Å². The molecule has 4 nitrogen and oxygen atoms in total. The van der Waals surface area contributed by atoms with Crippen molar-refractivity contribution in [2.75, 3.05) is 13.2 Å². The summed E-state index contributed by atoms with van der Waals surface area (Å²) in [5.74, 6) is 0.547. The fourth-order valence-corrected chi connectivity index (χ4v) is 2.59. The van der Waals surface area contributed by atoms with E-state index in [0.717, 1.165) is 37.6 Å². The van der Waals surface area contributed by atoms with Crippen LogP contribution < -0.4 is 0 Å². The molecule has 86 valence electrons. The van der Waals surface area contributed by atoms with Gasteiger partial charge in [0.2, 0.25) is 0 Å². The summed E-state index contributed by atoms with van der Waals surface area (Å²) in [6.07, 6.45) is 3.67. The Bertz CT molecular complexity index is 413. The van der Waals surface area contributed by atoms with Crippen molar-refractivity contribution in [2.45, 2.75) is 38.4 Å². The van der Waals surface area contributed by atoms with Gasteiger partial charge in [0, 0.05) is 12.6 Å². The highest BCUT2D eigenvalue weighted by Crippen LogP contribution is 2.44. The minimum atomic E-state index is -0.469. The molecule has 3 rings (SSSR count). The van der Waals surface area contributed by atoms with Crippen LogP contribution in [0, 0.1) is 6.92 Å². The Morgan fingerprint density at radius 2 is 2.12 bits per heavy atom. The van der Waals surface area contributed by atoms with Gasteiger partial charge in [-0.3, -0.25) is 0 Å². The maximum absolute atomic E-state index is 5.87. The smallest absolute Gasteiger partial charge is 0.180 e. The standard InChI is InChI=1S/C12H16N2O2/c1-8-11-10(7-13-9(2)14-11)6-12(8)15-4-3-5-16-12/h7-8H,3-6H2,1-2H3. The first kappa shape index (κ1) is 10.2. The number of ether oxygens (including phenoxy) is 2. The van der Waals surface area contributed by atoms with E-state index in [1.807, 2.05) is 13.1 Å². The molecule has 0 saturated carbocycles. The average molecular weight is 220 g/mol. The molecule has 16 heavy (non-hydrogen) atoms. The van der Waals surface area contributed by atoms with Crippen LogP contribution in [0.2, 0.25) is 0 Å². The number of nitrogens with zero attached hydrogens (tertiary/aromatic N) is 2. The summed E-state index contributed by atoms with van der Waals surface area (Å²) in [6.45, 7) is 5.61. The van der Waals surface area contributed by atoms with Gasteiger partial charge in [0.1, 0.15) is 5.82 Å². The van der Waals surface area contributed by atoms with Gasteiger partial charge in [-0.1, -0.05) is 6.92 Å². The van der Waals surface area contributed by atoms with Crippen LogP contribution in [0.4, 0.5) is 0 Å². The molecule has 0 radical (unpaired) electrons. The van der Waals surface area contributed by atoms with Gasteiger partial charge in [-0.15, -0.1) is 0 Å². The third-order valence-electron chi connectivity index (χ3n) is 3.51. The maximum Gasteiger partial charge on any atom is 0.180 e. The highest BCUT2D eigenvalue weighted by atomic mass is 16.7. The summed E-state index contributed by atoms with van der Waals surface area (Å²) in [6, 6.07) is 0. The van der Waals surface area contributed by atoms with Crippen molar-refractivity contribution < 1.29 is 9.47 Å². The number of hydrogen-bond donors (Lipinski definition) is 0. The molecular weight excluding hydrogens is 204 g/mol. The van der Waals surface area contributed by atoms with Crippen molar-refractivity contribution in [3.63, 3.8) is 0 Å². The van der Waals surface area contributed by atoms with Gasteiger partial charge in [-0.25, -0.2) is 9.97 Å².